The summed E-state index contributed by atoms with van der Waals surface area (Å²) in [4.78, 5) is 25.9. The van der Waals surface area contributed by atoms with Gasteiger partial charge in [-0.2, -0.15) is 0 Å². The Kier molecular flexibility index (Phi) is 4.09. The largest absolute Gasteiger partial charge is 0.329 e. The molecule has 6 heteroatoms. The van der Waals surface area contributed by atoms with Crippen LogP contribution in [-0.2, 0) is 4.79 Å². The van der Waals surface area contributed by atoms with Crippen LogP contribution in [0.5, 0.6) is 0 Å². The second-order valence-corrected chi connectivity index (χ2v) is 6.50. The zero-order chi connectivity index (χ0) is 15.0. The number of hydrogen-bond acceptors (Lipinski definition) is 2. The lowest BCUT2D eigenvalue weighted by Gasteiger charge is -2.25. The van der Waals surface area contributed by atoms with Crippen molar-refractivity contribution in [2.45, 2.75) is 38.1 Å². The van der Waals surface area contributed by atoms with E-state index in [1.54, 1.807) is 18.2 Å². The molecule has 3 amide bonds. The maximum absolute atomic E-state index is 12.6. The Morgan fingerprint density at radius 1 is 1.00 bits per heavy atom. The molecular formula is C15H16Cl2N2O2. The molecule has 1 unspecified atom stereocenters. The number of carbonyl (C=O) groups excluding carboxylic acids is 2. The highest BCUT2D eigenvalue weighted by Crippen LogP contribution is 2.32. The van der Waals surface area contributed by atoms with Crippen LogP contribution in [0.1, 0.15) is 32.1 Å². The van der Waals surface area contributed by atoms with Gasteiger partial charge in [0, 0.05) is 10.0 Å². The lowest BCUT2D eigenvalue weighted by molar-refractivity contribution is -0.119. The highest BCUT2D eigenvalue weighted by Gasteiger charge is 2.43. The normalized spacial score (nSPS) is 23.5. The average molecular weight is 327 g/mol. The summed E-state index contributed by atoms with van der Waals surface area (Å²) in [5.41, 5.74) is 0.424. The van der Waals surface area contributed by atoms with Gasteiger partial charge in [-0.15, -0.1) is 0 Å². The van der Waals surface area contributed by atoms with Crippen LogP contribution < -0.4 is 10.2 Å². The minimum Gasteiger partial charge on any atom is -0.325 e. The molecular weight excluding hydrogens is 311 g/mol. The third kappa shape index (κ3) is 2.87. The molecule has 0 aromatic heterocycles. The number of hydrogen-bond donors (Lipinski definition) is 1. The number of rotatable bonds is 2. The van der Waals surface area contributed by atoms with E-state index in [-0.39, 0.29) is 11.8 Å². The zero-order valence-corrected chi connectivity index (χ0v) is 13.0. The number of anilines is 1. The summed E-state index contributed by atoms with van der Waals surface area (Å²) in [6, 6.07) is 3.91. The van der Waals surface area contributed by atoms with Crippen molar-refractivity contribution in [3.8, 4) is 0 Å². The number of amides is 3. The molecule has 21 heavy (non-hydrogen) atoms. The summed E-state index contributed by atoms with van der Waals surface area (Å²) in [7, 11) is 0. The number of benzene rings is 1. The van der Waals surface area contributed by atoms with E-state index in [2.05, 4.69) is 5.32 Å². The first-order chi connectivity index (χ1) is 10.1. The van der Waals surface area contributed by atoms with Crippen molar-refractivity contribution in [1.29, 1.82) is 0 Å². The summed E-state index contributed by atoms with van der Waals surface area (Å²) >= 11 is 11.9. The Balaban J connectivity index is 1.86. The van der Waals surface area contributed by atoms with Crippen molar-refractivity contribution >= 4 is 40.8 Å². The maximum atomic E-state index is 12.6. The van der Waals surface area contributed by atoms with Crippen LogP contribution >= 0.6 is 23.2 Å². The lowest BCUT2D eigenvalue weighted by Crippen LogP contribution is -2.38. The molecule has 2 fully saturated rings. The first-order valence-corrected chi connectivity index (χ1v) is 7.92. The fourth-order valence-corrected chi connectivity index (χ4v) is 3.71. The van der Waals surface area contributed by atoms with Gasteiger partial charge >= 0.3 is 6.03 Å². The van der Waals surface area contributed by atoms with Gasteiger partial charge in [0.1, 0.15) is 6.04 Å². The summed E-state index contributed by atoms with van der Waals surface area (Å²) in [6.07, 6.45) is 5.42. The molecule has 1 heterocycles. The molecule has 1 aliphatic carbocycles. The Bertz CT molecular complexity index is 565. The van der Waals surface area contributed by atoms with Crippen LogP contribution in [0.25, 0.3) is 0 Å². The third-order valence-corrected chi connectivity index (χ3v) is 4.63. The Morgan fingerprint density at radius 2 is 1.62 bits per heavy atom. The van der Waals surface area contributed by atoms with E-state index in [0.29, 0.717) is 15.7 Å². The summed E-state index contributed by atoms with van der Waals surface area (Å²) in [6.45, 7) is 0. The molecule has 1 atom stereocenters. The first-order valence-electron chi connectivity index (χ1n) is 7.17. The third-order valence-electron chi connectivity index (χ3n) is 4.20. The monoisotopic (exact) mass is 326 g/mol. The molecule has 1 aromatic rings. The van der Waals surface area contributed by atoms with E-state index in [1.807, 2.05) is 0 Å². The van der Waals surface area contributed by atoms with Crippen LogP contribution in [0, 0.1) is 5.92 Å². The minimum atomic E-state index is -0.421. The van der Waals surface area contributed by atoms with Gasteiger partial charge in [-0.05, 0) is 37.0 Å². The van der Waals surface area contributed by atoms with Crippen molar-refractivity contribution in [3.05, 3.63) is 28.2 Å². The number of nitrogens with zero attached hydrogens (tertiary/aromatic N) is 1. The molecule has 1 aliphatic heterocycles. The summed E-state index contributed by atoms with van der Waals surface area (Å²) in [5.74, 6) is 0.0279. The molecule has 0 spiro atoms. The van der Waals surface area contributed by atoms with E-state index >= 15 is 0 Å². The Labute approximate surface area is 133 Å². The van der Waals surface area contributed by atoms with Gasteiger partial charge in [-0.1, -0.05) is 42.5 Å². The van der Waals surface area contributed by atoms with E-state index in [9.17, 15) is 9.59 Å². The van der Waals surface area contributed by atoms with Crippen LogP contribution in [0.4, 0.5) is 10.5 Å². The fraction of sp³-hybridized carbons (Fsp3) is 0.467. The molecule has 3 rings (SSSR count). The Morgan fingerprint density at radius 3 is 2.24 bits per heavy atom. The van der Waals surface area contributed by atoms with Crippen molar-refractivity contribution in [2.75, 3.05) is 4.90 Å². The standard InChI is InChI=1S/C15H16Cl2N2O2/c16-10-6-11(17)8-12(7-10)19-14(20)13(18-15(19)21)9-4-2-1-3-5-9/h6-9,13H,1-5H2,(H,18,21). The summed E-state index contributed by atoms with van der Waals surface area (Å²) < 4.78 is 0. The zero-order valence-electron chi connectivity index (χ0n) is 11.4. The highest BCUT2D eigenvalue weighted by atomic mass is 35.5. The van der Waals surface area contributed by atoms with Crippen molar-refractivity contribution in [1.82, 2.24) is 5.32 Å². The van der Waals surface area contributed by atoms with E-state index in [1.165, 1.54) is 6.42 Å². The number of urea groups is 1. The van der Waals surface area contributed by atoms with Crippen LogP contribution in [0.3, 0.4) is 0 Å². The number of carbonyl (C=O) groups is 2. The predicted octanol–water partition coefficient (Wildman–Crippen LogP) is 4.00. The van der Waals surface area contributed by atoms with E-state index in [4.69, 9.17) is 23.2 Å². The average Bonchev–Trinajstić information content (AvgIpc) is 2.74. The maximum Gasteiger partial charge on any atom is 0.329 e. The summed E-state index contributed by atoms with van der Waals surface area (Å²) in [5, 5.41) is 3.62. The van der Waals surface area contributed by atoms with Gasteiger partial charge in [0.25, 0.3) is 5.91 Å². The lowest BCUT2D eigenvalue weighted by atomic mass is 9.84. The Hall–Kier alpha value is -1.26. The number of nitrogens with one attached hydrogen (secondary N) is 1. The minimum absolute atomic E-state index is 0.203. The molecule has 0 radical (unpaired) electrons. The molecule has 1 N–H and O–H groups in total. The number of imide groups is 1. The SMILES string of the molecule is O=C1NC(C2CCCCC2)C(=O)N1c1cc(Cl)cc(Cl)c1. The van der Waals surface area contributed by atoms with Gasteiger partial charge in [0.05, 0.1) is 5.69 Å². The first kappa shape index (κ1) is 14.7. The quantitative estimate of drug-likeness (QED) is 0.835. The number of halogens is 2. The van der Waals surface area contributed by atoms with E-state index in [0.717, 1.165) is 30.6 Å². The molecule has 112 valence electrons. The van der Waals surface area contributed by atoms with Gasteiger partial charge in [-0.25, -0.2) is 9.69 Å². The molecule has 1 saturated heterocycles. The molecule has 2 aliphatic rings. The highest BCUT2D eigenvalue weighted by molar-refractivity contribution is 6.35. The topological polar surface area (TPSA) is 49.4 Å². The molecule has 1 aromatic carbocycles. The molecule has 1 saturated carbocycles. The second kappa shape index (κ2) is 5.85. The van der Waals surface area contributed by atoms with Crippen molar-refractivity contribution in [3.63, 3.8) is 0 Å². The van der Waals surface area contributed by atoms with Gasteiger partial charge < -0.3 is 5.32 Å². The van der Waals surface area contributed by atoms with E-state index < -0.39 is 12.1 Å². The van der Waals surface area contributed by atoms with Gasteiger partial charge in [0.2, 0.25) is 0 Å². The molecule has 4 nitrogen and oxygen atoms in total. The van der Waals surface area contributed by atoms with Crippen LogP contribution in [0.2, 0.25) is 10.0 Å². The predicted molar refractivity (Wildman–Crippen MR) is 82.8 cm³/mol. The fourth-order valence-electron chi connectivity index (χ4n) is 3.20. The second-order valence-electron chi connectivity index (χ2n) is 5.63. The van der Waals surface area contributed by atoms with Gasteiger partial charge in [-0.3, -0.25) is 4.79 Å². The molecule has 0 bridgehead atoms. The van der Waals surface area contributed by atoms with Crippen molar-refractivity contribution in [2.24, 2.45) is 5.92 Å². The smallest absolute Gasteiger partial charge is 0.325 e. The van der Waals surface area contributed by atoms with Crippen LogP contribution in [-0.4, -0.2) is 18.0 Å². The van der Waals surface area contributed by atoms with Gasteiger partial charge in [0.15, 0.2) is 0 Å². The van der Waals surface area contributed by atoms with Crippen LogP contribution in [0.15, 0.2) is 18.2 Å². The van der Waals surface area contributed by atoms with Crippen molar-refractivity contribution < 1.29 is 9.59 Å².